The Morgan fingerprint density at radius 1 is 1.24 bits per heavy atom. The van der Waals surface area contributed by atoms with Crippen molar-refractivity contribution in [1.82, 2.24) is 14.8 Å². The molecule has 0 aliphatic heterocycles. The van der Waals surface area contributed by atoms with Gasteiger partial charge >= 0.3 is 0 Å². The Hall–Kier alpha value is -2.84. The van der Waals surface area contributed by atoms with Gasteiger partial charge in [-0.15, -0.1) is 10.2 Å². The number of aromatic nitrogens is 3. The number of carbonyl (C=O) groups is 1. The number of amides is 1. The summed E-state index contributed by atoms with van der Waals surface area (Å²) < 4.78 is 1.30. The zero-order chi connectivity index (χ0) is 21.2. The molecule has 1 aromatic carbocycles. The number of benzene rings is 1. The van der Waals surface area contributed by atoms with E-state index in [1.807, 2.05) is 24.3 Å². The molecule has 7 nitrogen and oxygen atoms in total. The van der Waals surface area contributed by atoms with E-state index in [0.717, 1.165) is 11.1 Å². The largest absolute Gasteiger partial charge is 0.378 e. The van der Waals surface area contributed by atoms with Gasteiger partial charge in [0.2, 0.25) is 5.13 Å². The molecule has 0 spiro atoms. The highest BCUT2D eigenvalue weighted by molar-refractivity contribution is 7.18. The smallest absolute Gasteiger partial charge is 0.259 e. The number of hydrogen-bond acceptors (Lipinski definition) is 6. The predicted molar refractivity (Wildman–Crippen MR) is 114 cm³/mol. The molecule has 8 heteroatoms. The molecule has 3 aromatic rings. The van der Waals surface area contributed by atoms with Crippen molar-refractivity contribution in [3.05, 3.63) is 64.1 Å². The van der Waals surface area contributed by atoms with E-state index in [-0.39, 0.29) is 17.2 Å². The Kier molecular flexibility index (Phi) is 5.95. The number of anilines is 1. The van der Waals surface area contributed by atoms with Crippen molar-refractivity contribution in [3.8, 4) is 10.6 Å². The zero-order valence-corrected chi connectivity index (χ0v) is 17.7. The molecular weight excluding hydrogens is 388 g/mol. The van der Waals surface area contributed by atoms with Crippen LogP contribution in [0.5, 0.6) is 0 Å². The van der Waals surface area contributed by atoms with Crippen LogP contribution in [-0.2, 0) is 11.3 Å². The van der Waals surface area contributed by atoms with Crippen molar-refractivity contribution in [1.29, 1.82) is 0 Å². The maximum absolute atomic E-state index is 12.5. The van der Waals surface area contributed by atoms with Crippen molar-refractivity contribution in [3.63, 3.8) is 0 Å². The number of rotatable bonds is 6. The summed E-state index contributed by atoms with van der Waals surface area (Å²) in [6.45, 7) is 7.26. The molecule has 152 valence electrons. The highest BCUT2D eigenvalue weighted by atomic mass is 32.1. The van der Waals surface area contributed by atoms with Crippen LogP contribution in [0.4, 0.5) is 5.13 Å². The second kappa shape index (κ2) is 8.26. The summed E-state index contributed by atoms with van der Waals surface area (Å²) in [6, 6.07) is 11.2. The molecule has 0 fully saturated rings. The minimum Gasteiger partial charge on any atom is -0.378 e. The Morgan fingerprint density at radius 2 is 1.93 bits per heavy atom. The Bertz CT molecular complexity index is 1070. The first-order valence-corrected chi connectivity index (χ1v) is 10.1. The number of pyridine rings is 1. The fourth-order valence-electron chi connectivity index (χ4n) is 2.77. The van der Waals surface area contributed by atoms with Crippen molar-refractivity contribution in [2.75, 3.05) is 5.32 Å². The molecular formula is C21H24N4O3S. The molecule has 2 aromatic heterocycles. The highest BCUT2D eigenvalue weighted by Crippen LogP contribution is 2.28. The summed E-state index contributed by atoms with van der Waals surface area (Å²) in [7, 11) is 0. The van der Waals surface area contributed by atoms with E-state index < -0.39 is 11.5 Å². The van der Waals surface area contributed by atoms with Gasteiger partial charge in [0.1, 0.15) is 5.01 Å². The molecule has 0 bridgehead atoms. The first kappa shape index (κ1) is 20.9. The number of aliphatic hydroxyl groups is 1. The maximum atomic E-state index is 12.5. The molecule has 2 N–H and O–H groups in total. The Morgan fingerprint density at radius 3 is 2.55 bits per heavy atom. The van der Waals surface area contributed by atoms with E-state index >= 15 is 0 Å². The van der Waals surface area contributed by atoms with Crippen molar-refractivity contribution < 1.29 is 9.90 Å². The highest BCUT2D eigenvalue weighted by Gasteiger charge is 2.32. The van der Waals surface area contributed by atoms with Crippen LogP contribution in [0.15, 0.2) is 47.4 Å². The van der Waals surface area contributed by atoms with Crippen LogP contribution in [0.25, 0.3) is 10.6 Å². The topological polar surface area (TPSA) is 97.1 Å². The van der Waals surface area contributed by atoms with Crippen LogP contribution in [0, 0.1) is 6.92 Å². The normalized spacial score (nSPS) is 13.3. The van der Waals surface area contributed by atoms with Gasteiger partial charge in [-0.1, -0.05) is 49.4 Å². The predicted octanol–water partition coefficient (Wildman–Crippen LogP) is 3.19. The van der Waals surface area contributed by atoms with Crippen molar-refractivity contribution >= 4 is 22.4 Å². The monoisotopic (exact) mass is 412 g/mol. The SMILES string of the molecule is Cc1ccn(CC(C)(O)C(=O)Nc2nnc(-c3ccc(C(C)C)cc3)s2)c(=O)c1. The third-order valence-electron chi connectivity index (χ3n) is 4.59. The number of hydrogen-bond donors (Lipinski definition) is 2. The average Bonchev–Trinajstić information content (AvgIpc) is 3.12. The number of nitrogens with zero attached hydrogens (tertiary/aromatic N) is 3. The average molecular weight is 413 g/mol. The third kappa shape index (κ3) is 4.96. The lowest BCUT2D eigenvalue weighted by Crippen LogP contribution is -2.45. The minimum absolute atomic E-state index is 0.166. The van der Waals surface area contributed by atoms with E-state index in [2.05, 4.69) is 29.4 Å². The second-order valence-electron chi connectivity index (χ2n) is 7.59. The minimum atomic E-state index is -1.79. The summed E-state index contributed by atoms with van der Waals surface area (Å²) in [4.78, 5) is 24.6. The lowest BCUT2D eigenvalue weighted by atomic mass is 10.0. The fourth-order valence-corrected chi connectivity index (χ4v) is 3.52. The Balaban J connectivity index is 1.71. The summed E-state index contributed by atoms with van der Waals surface area (Å²) in [5, 5.41) is 22.3. The summed E-state index contributed by atoms with van der Waals surface area (Å²) in [5.41, 5.74) is 0.892. The van der Waals surface area contributed by atoms with Gasteiger partial charge in [0.25, 0.3) is 11.5 Å². The molecule has 1 atom stereocenters. The van der Waals surface area contributed by atoms with E-state index in [1.165, 1.54) is 34.5 Å². The van der Waals surface area contributed by atoms with E-state index in [9.17, 15) is 14.7 Å². The van der Waals surface area contributed by atoms with Gasteiger partial charge in [0.05, 0.1) is 6.54 Å². The van der Waals surface area contributed by atoms with Crippen molar-refractivity contribution in [2.45, 2.75) is 45.8 Å². The second-order valence-corrected chi connectivity index (χ2v) is 8.56. The van der Waals surface area contributed by atoms with Crippen LogP contribution in [0.2, 0.25) is 0 Å². The molecule has 0 aliphatic carbocycles. The van der Waals surface area contributed by atoms with Crippen LogP contribution < -0.4 is 10.9 Å². The molecule has 0 aliphatic rings. The first-order chi connectivity index (χ1) is 13.7. The first-order valence-electron chi connectivity index (χ1n) is 9.30. The summed E-state index contributed by atoms with van der Waals surface area (Å²) in [5.74, 6) is -0.209. The maximum Gasteiger partial charge on any atom is 0.259 e. The molecule has 2 heterocycles. The van der Waals surface area contributed by atoms with Crippen molar-refractivity contribution in [2.24, 2.45) is 0 Å². The van der Waals surface area contributed by atoms with Crippen LogP contribution in [-0.4, -0.2) is 31.4 Å². The van der Waals surface area contributed by atoms with Gasteiger partial charge in [0.15, 0.2) is 5.60 Å². The lowest BCUT2D eigenvalue weighted by Gasteiger charge is -2.22. The Labute approximate surface area is 173 Å². The number of nitrogens with one attached hydrogen (secondary N) is 1. The fraction of sp³-hybridized carbons (Fsp3) is 0.333. The molecule has 1 amide bonds. The van der Waals surface area contributed by atoms with Crippen LogP contribution in [0.1, 0.15) is 37.8 Å². The third-order valence-corrected chi connectivity index (χ3v) is 5.48. The number of aryl methyl sites for hydroxylation is 1. The zero-order valence-electron chi connectivity index (χ0n) is 16.8. The molecule has 29 heavy (non-hydrogen) atoms. The van der Waals surface area contributed by atoms with Gasteiger partial charge in [0, 0.05) is 17.8 Å². The standard InChI is InChI=1S/C21H24N4O3S/c1-13(2)15-5-7-16(8-6-15)18-23-24-20(29-18)22-19(27)21(4,28)12-25-10-9-14(3)11-17(25)26/h5-11,13,28H,12H2,1-4H3,(H,22,24,27). The van der Waals surface area contributed by atoms with Gasteiger partial charge in [-0.25, -0.2) is 0 Å². The van der Waals surface area contributed by atoms with Gasteiger partial charge in [-0.2, -0.15) is 0 Å². The molecule has 0 radical (unpaired) electrons. The number of carbonyl (C=O) groups excluding carboxylic acids is 1. The van der Waals surface area contributed by atoms with E-state index in [0.29, 0.717) is 10.9 Å². The molecule has 0 saturated heterocycles. The van der Waals surface area contributed by atoms with Gasteiger partial charge in [-0.3, -0.25) is 14.9 Å². The quantitative estimate of drug-likeness (QED) is 0.648. The van der Waals surface area contributed by atoms with E-state index in [4.69, 9.17) is 0 Å². The molecule has 3 rings (SSSR count). The van der Waals surface area contributed by atoms with Gasteiger partial charge < -0.3 is 9.67 Å². The van der Waals surface area contributed by atoms with Gasteiger partial charge in [-0.05, 0) is 37.0 Å². The van der Waals surface area contributed by atoms with Crippen LogP contribution in [0.3, 0.4) is 0 Å². The molecule has 0 saturated carbocycles. The lowest BCUT2D eigenvalue weighted by molar-refractivity contribution is -0.133. The molecule has 1 unspecified atom stereocenters. The summed E-state index contributed by atoms with van der Waals surface area (Å²) >= 11 is 1.22. The van der Waals surface area contributed by atoms with E-state index in [1.54, 1.807) is 19.2 Å². The van der Waals surface area contributed by atoms with Crippen LogP contribution >= 0.6 is 11.3 Å². The summed E-state index contributed by atoms with van der Waals surface area (Å²) in [6.07, 6.45) is 1.56.